The Labute approximate surface area is 105 Å². The number of aryl methyl sites for hydroxylation is 2. The summed E-state index contributed by atoms with van der Waals surface area (Å²) in [5, 5.41) is 9.65. The number of ether oxygens (including phenoxy) is 1. The van der Waals surface area contributed by atoms with Crippen LogP contribution in [0.2, 0.25) is 0 Å². The summed E-state index contributed by atoms with van der Waals surface area (Å²) in [7, 11) is 0. The van der Waals surface area contributed by atoms with E-state index in [4.69, 9.17) is 9.84 Å². The molecule has 1 aromatic carbocycles. The van der Waals surface area contributed by atoms with E-state index in [-0.39, 0.29) is 6.61 Å². The van der Waals surface area contributed by atoms with E-state index < -0.39 is 0 Å². The third-order valence-corrected chi connectivity index (χ3v) is 3.51. The van der Waals surface area contributed by atoms with Gasteiger partial charge in [-0.15, -0.1) is 0 Å². The fraction of sp³-hybridized carbons (Fsp3) is 0.308. The molecule has 1 heterocycles. The van der Waals surface area contributed by atoms with Crippen LogP contribution in [0.15, 0.2) is 24.3 Å². The highest BCUT2D eigenvalue weighted by molar-refractivity contribution is 7.13. The van der Waals surface area contributed by atoms with E-state index in [1.807, 2.05) is 38.1 Å². The van der Waals surface area contributed by atoms with Crippen molar-refractivity contribution in [2.45, 2.75) is 20.3 Å². The first-order valence-electron chi connectivity index (χ1n) is 5.51. The van der Waals surface area contributed by atoms with Crippen LogP contribution in [0.4, 0.5) is 0 Å². The van der Waals surface area contributed by atoms with Crippen LogP contribution in [-0.2, 0) is 6.42 Å². The van der Waals surface area contributed by atoms with Gasteiger partial charge in [0.05, 0.1) is 5.69 Å². The molecule has 0 unspecified atom stereocenters. The van der Waals surface area contributed by atoms with E-state index in [0.29, 0.717) is 11.6 Å². The molecule has 0 aliphatic rings. The number of benzene rings is 1. The van der Waals surface area contributed by atoms with Crippen LogP contribution in [0, 0.1) is 13.8 Å². The number of para-hydroxylation sites is 1. The van der Waals surface area contributed by atoms with Crippen LogP contribution in [0.25, 0.3) is 0 Å². The van der Waals surface area contributed by atoms with Crippen LogP contribution in [0.3, 0.4) is 0 Å². The molecule has 2 aromatic rings. The van der Waals surface area contributed by atoms with Gasteiger partial charge < -0.3 is 9.84 Å². The molecule has 0 saturated carbocycles. The molecule has 0 fully saturated rings. The Morgan fingerprint density at radius 2 is 2.06 bits per heavy atom. The standard InChI is InChI=1S/C13H15NO2S/c1-9-10(2)17-13(14-9)16-12-6-4-3-5-11(12)7-8-15/h3-6,15H,7-8H2,1-2H3. The van der Waals surface area contributed by atoms with Crippen molar-refractivity contribution in [3.63, 3.8) is 0 Å². The number of aromatic nitrogens is 1. The van der Waals surface area contributed by atoms with Crippen molar-refractivity contribution >= 4 is 11.3 Å². The fourth-order valence-electron chi connectivity index (χ4n) is 1.51. The van der Waals surface area contributed by atoms with Gasteiger partial charge in [0.2, 0.25) is 0 Å². The highest BCUT2D eigenvalue weighted by Crippen LogP contribution is 2.30. The molecule has 1 aromatic heterocycles. The van der Waals surface area contributed by atoms with E-state index >= 15 is 0 Å². The van der Waals surface area contributed by atoms with Crippen LogP contribution in [0.1, 0.15) is 16.1 Å². The minimum Gasteiger partial charge on any atom is -0.431 e. The number of hydrogen-bond donors (Lipinski definition) is 1. The Kier molecular flexibility index (Phi) is 3.76. The van der Waals surface area contributed by atoms with Gasteiger partial charge in [0.1, 0.15) is 5.75 Å². The molecule has 3 nitrogen and oxygen atoms in total. The number of hydrogen-bond acceptors (Lipinski definition) is 4. The molecule has 0 spiro atoms. The molecule has 0 aliphatic heterocycles. The highest BCUT2D eigenvalue weighted by atomic mass is 32.1. The lowest BCUT2D eigenvalue weighted by Crippen LogP contribution is -1.94. The highest BCUT2D eigenvalue weighted by Gasteiger charge is 2.08. The summed E-state index contributed by atoms with van der Waals surface area (Å²) < 4.78 is 5.76. The minimum atomic E-state index is 0.121. The Balaban J connectivity index is 2.23. The maximum atomic E-state index is 8.99. The van der Waals surface area contributed by atoms with E-state index in [9.17, 15) is 0 Å². The number of aliphatic hydroxyl groups excluding tert-OH is 1. The Morgan fingerprint density at radius 3 is 2.71 bits per heavy atom. The summed E-state index contributed by atoms with van der Waals surface area (Å²) >= 11 is 1.54. The molecule has 0 aliphatic carbocycles. The second-order valence-electron chi connectivity index (χ2n) is 3.80. The first kappa shape index (κ1) is 12.1. The Morgan fingerprint density at radius 1 is 1.29 bits per heavy atom. The van der Waals surface area contributed by atoms with E-state index in [0.717, 1.165) is 17.0 Å². The average molecular weight is 249 g/mol. The summed E-state index contributed by atoms with van der Waals surface area (Å²) in [5.41, 5.74) is 2.00. The zero-order chi connectivity index (χ0) is 12.3. The maximum absolute atomic E-state index is 8.99. The predicted octanol–water partition coefficient (Wildman–Crippen LogP) is 3.09. The number of nitrogens with zero attached hydrogens (tertiary/aromatic N) is 1. The van der Waals surface area contributed by atoms with Crippen LogP contribution in [-0.4, -0.2) is 16.7 Å². The summed E-state index contributed by atoms with van der Waals surface area (Å²) in [4.78, 5) is 5.51. The number of aliphatic hydroxyl groups is 1. The van der Waals surface area contributed by atoms with E-state index in [1.54, 1.807) is 11.3 Å². The maximum Gasteiger partial charge on any atom is 0.279 e. The lowest BCUT2D eigenvalue weighted by atomic mass is 10.1. The summed E-state index contributed by atoms with van der Waals surface area (Å²) in [5.74, 6) is 0.773. The van der Waals surface area contributed by atoms with E-state index in [2.05, 4.69) is 4.98 Å². The molecule has 0 saturated heterocycles. The zero-order valence-corrected chi connectivity index (χ0v) is 10.8. The molecule has 17 heavy (non-hydrogen) atoms. The number of rotatable bonds is 4. The van der Waals surface area contributed by atoms with Gasteiger partial charge in [0, 0.05) is 11.5 Å². The predicted molar refractivity (Wildman–Crippen MR) is 68.9 cm³/mol. The van der Waals surface area contributed by atoms with Gasteiger partial charge in [0.25, 0.3) is 5.19 Å². The third-order valence-electron chi connectivity index (χ3n) is 2.56. The molecule has 0 bridgehead atoms. The number of thiazole rings is 1. The molecule has 0 atom stereocenters. The average Bonchev–Trinajstić information content (AvgIpc) is 2.61. The van der Waals surface area contributed by atoms with Crippen molar-refractivity contribution in [1.82, 2.24) is 4.98 Å². The summed E-state index contributed by atoms with van der Waals surface area (Å²) in [6.45, 7) is 4.12. The SMILES string of the molecule is Cc1nc(Oc2ccccc2CCO)sc1C. The largest absolute Gasteiger partial charge is 0.431 e. The van der Waals surface area contributed by atoms with Gasteiger partial charge in [0.15, 0.2) is 0 Å². The molecule has 2 rings (SSSR count). The van der Waals surface area contributed by atoms with Gasteiger partial charge >= 0.3 is 0 Å². The molecule has 4 heteroatoms. The lowest BCUT2D eigenvalue weighted by Gasteiger charge is -2.07. The van der Waals surface area contributed by atoms with Crippen molar-refractivity contribution in [1.29, 1.82) is 0 Å². The molecule has 1 N–H and O–H groups in total. The van der Waals surface area contributed by atoms with Gasteiger partial charge in [-0.2, -0.15) is 0 Å². The summed E-state index contributed by atoms with van der Waals surface area (Å²) in [6.07, 6.45) is 0.597. The Hall–Kier alpha value is -1.39. The molecule has 0 radical (unpaired) electrons. The van der Waals surface area contributed by atoms with Gasteiger partial charge in [-0.3, -0.25) is 0 Å². The van der Waals surface area contributed by atoms with Crippen molar-refractivity contribution in [2.75, 3.05) is 6.61 Å². The normalized spacial score (nSPS) is 10.5. The fourth-order valence-corrected chi connectivity index (χ4v) is 2.28. The van der Waals surface area contributed by atoms with Crippen molar-refractivity contribution in [3.8, 4) is 10.9 Å². The third kappa shape index (κ3) is 2.84. The zero-order valence-electron chi connectivity index (χ0n) is 9.93. The van der Waals surface area contributed by atoms with Gasteiger partial charge in [-0.05, 0) is 31.9 Å². The second kappa shape index (κ2) is 5.29. The van der Waals surface area contributed by atoms with Crippen LogP contribution >= 0.6 is 11.3 Å². The Bertz CT molecular complexity index is 488. The van der Waals surface area contributed by atoms with Crippen LogP contribution < -0.4 is 4.74 Å². The van der Waals surface area contributed by atoms with Crippen LogP contribution in [0.5, 0.6) is 10.9 Å². The van der Waals surface area contributed by atoms with E-state index in [1.165, 1.54) is 4.88 Å². The van der Waals surface area contributed by atoms with Crippen molar-refractivity contribution in [2.24, 2.45) is 0 Å². The van der Waals surface area contributed by atoms with Gasteiger partial charge in [-0.25, -0.2) is 4.98 Å². The van der Waals surface area contributed by atoms with Gasteiger partial charge in [-0.1, -0.05) is 29.5 Å². The topological polar surface area (TPSA) is 42.4 Å². The summed E-state index contributed by atoms with van der Waals surface area (Å²) in [6, 6.07) is 7.72. The molecular formula is C13H15NO2S. The smallest absolute Gasteiger partial charge is 0.279 e. The minimum absolute atomic E-state index is 0.121. The monoisotopic (exact) mass is 249 g/mol. The van der Waals surface area contributed by atoms with Crippen molar-refractivity contribution < 1.29 is 9.84 Å². The molecule has 0 amide bonds. The van der Waals surface area contributed by atoms with Crippen molar-refractivity contribution in [3.05, 3.63) is 40.4 Å². The lowest BCUT2D eigenvalue weighted by molar-refractivity contribution is 0.298. The molecule has 90 valence electrons. The second-order valence-corrected chi connectivity index (χ2v) is 4.97. The molecular weight excluding hydrogens is 234 g/mol. The quantitative estimate of drug-likeness (QED) is 0.905. The first-order chi connectivity index (χ1) is 8.20. The first-order valence-corrected chi connectivity index (χ1v) is 6.33.